The summed E-state index contributed by atoms with van der Waals surface area (Å²) in [5, 5.41) is 3.55. The molecule has 1 aromatic carbocycles. The maximum atomic E-state index is 5.56. The average molecular weight is 272 g/mol. The number of hydrogen-bond donors (Lipinski definition) is 1. The third-order valence-electron chi connectivity index (χ3n) is 3.87. The van der Waals surface area contributed by atoms with E-state index < -0.39 is 0 Å². The Kier molecular flexibility index (Phi) is 5.91. The highest BCUT2D eigenvalue weighted by Crippen LogP contribution is 2.18. The van der Waals surface area contributed by atoms with E-state index in [4.69, 9.17) is 11.2 Å². The van der Waals surface area contributed by atoms with Crippen LogP contribution in [0.15, 0.2) is 24.3 Å². The van der Waals surface area contributed by atoms with Gasteiger partial charge in [-0.25, -0.2) is 0 Å². The zero-order valence-electron chi connectivity index (χ0n) is 12.3. The number of para-hydroxylation sites is 1. The lowest BCUT2D eigenvalue weighted by Crippen LogP contribution is -2.34. The minimum atomic E-state index is 0.325. The molecule has 3 nitrogen and oxygen atoms in total. The van der Waals surface area contributed by atoms with Gasteiger partial charge in [-0.1, -0.05) is 24.1 Å². The fraction of sp³-hybridized carbons (Fsp3) is 0.529. The number of nitrogens with one attached hydrogen (secondary N) is 1. The van der Waals surface area contributed by atoms with E-state index in [2.05, 4.69) is 29.3 Å². The molecule has 0 aromatic heterocycles. The summed E-state index contributed by atoms with van der Waals surface area (Å²) in [5.41, 5.74) is 1.18. The molecule has 1 aromatic rings. The molecule has 0 saturated carbocycles. The lowest BCUT2D eigenvalue weighted by Gasteiger charge is -2.29. The highest BCUT2D eigenvalue weighted by atomic mass is 16.5. The molecule has 1 saturated heterocycles. The Morgan fingerprint density at radius 3 is 2.85 bits per heavy atom. The summed E-state index contributed by atoms with van der Waals surface area (Å²) in [6.07, 6.45) is 7.82. The van der Waals surface area contributed by atoms with E-state index >= 15 is 0 Å². The molecule has 0 spiro atoms. The predicted molar refractivity (Wildman–Crippen MR) is 82.7 cm³/mol. The van der Waals surface area contributed by atoms with Crippen LogP contribution in [0.4, 0.5) is 0 Å². The Morgan fingerprint density at radius 2 is 2.10 bits per heavy atom. The second-order valence-corrected chi connectivity index (χ2v) is 5.48. The summed E-state index contributed by atoms with van der Waals surface area (Å²) in [6, 6.07) is 8.08. The van der Waals surface area contributed by atoms with Crippen LogP contribution in [0.25, 0.3) is 0 Å². The summed E-state index contributed by atoms with van der Waals surface area (Å²) in [7, 11) is 2.20. The van der Waals surface area contributed by atoms with Crippen molar-refractivity contribution in [1.29, 1.82) is 0 Å². The van der Waals surface area contributed by atoms with E-state index in [0.29, 0.717) is 6.61 Å². The molecule has 0 aliphatic carbocycles. The van der Waals surface area contributed by atoms with Crippen molar-refractivity contribution in [1.82, 2.24) is 10.2 Å². The molecule has 1 N–H and O–H groups in total. The fourth-order valence-corrected chi connectivity index (χ4v) is 2.59. The topological polar surface area (TPSA) is 24.5 Å². The monoisotopic (exact) mass is 272 g/mol. The van der Waals surface area contributed by atoms with Gasteiger partial charge in [0.05, 0.1) is 0 Å². The highest BCUT2D eigenvalue weighted by molar-refractivity contribution is 5.33. The molecule has 0 radical (unpaired) electrons. The van der Waals surface area contributed by atoms with Gasteiger partial charge in [0.25, 0.3) is 0 Å². The second kappa shape index (κ2) is 7.94. The number of hydrogen-bond acceptors (Lipinski definition) is 3. The molecular formula is C17H24N2O. The van der Waals surface area contributed by atoms with Crippen LogP contribution in [0.3, 0.4) is 0 Å². The predicted octanol–water partition coefficient (Wildman–Crippen LogP) is 2.13. The SMILES string of the molecule is C#CCOc1ccccc1CNCC1CCN(C)CC1. The minimum absolute atomic E-state index is 0.325. The molecule has 1 aliphatic heterocycles. The fourth-order valence-electron chi connectivity index (χ4n) is 2.59. The normalized spacial score (nSPS) is 16.8. The van der Waals surface area contributed by atoms with E-state index in [0.717, 1.165) is 24.8 Å². The van der Waals surface area contributed by atoms with Gasteiger partial charge in [0.15, 0.2) is 0 Å². The van der Waals surface area contributed by atoms with E-state index in [1.807, 2.05) is 18.2 Å². The first-order valence-electron chi connectivity index (χ1n) is 7.33. The number of nitrogens with zero attached hydrogens (tertiary/aromatic N) is 1. The molecule has 0 atom stereocenters. The number of terminal acetylenes is 1. The summed E-state index contributed by atoms with van der Waals surface area (Å²) < 4.78 is 5.56. The number of benzene rings is 1. The molecule has 2 rings (SSSR count). The number of likely N-dealkylation sites (tertiary alicyclic amines) is 1. The van der Waals surface area contributed by atoms with Gasteiger partial charge in [-0.3, -0.25) is 0 Å². The molecule has 1 aliphatic rings. The summed E-state index contributed by atoms with van der Waals surface area (Å²) in [5.74, 6) is 4.19. The Balaban J connectivity index is 1.77. The van der Waals surface area contributed by atoms with Crippen LogP contribution >= 0.6 is 0 Å². The van der Waals surface area contributed by atoms with E-state index in [1.165, 1.54) is 31.5 Å². The van der Waals surface area contributed by atoms with Crippen LogP contribution in [0.2, 0.25) is 0 Å². The van der Waals surface area contributed by atoms with Gasteiger partial charge in [-0.15, -0.1) is 6.42 Å². The van der Waals surface area contributed by atoms with Gasteiger partial charge in [-0.2, -0.15) is 0 Å². The van der Waals surface area contributed by atoms with Crippen LogP contribution in [0, 0.1) is 18.3 Å². The van der Waals surface area contributed by atoms with E-state index in [9.17, 15) is 0 Å². The molecule has 3 heteroatoms. The molecule has 108 valence electrons. The Morgan fingerprint density at radius 1 is 1.35 bits per heavy atom. The van der Waals surface area contributed by atoms with Crippen molar-refractivity contribution in [3.05, 3.63) is 29.8 Å². The molecular weight excluding hydrogens is 248 g/mol. The third kappa shape index (κ3) is 4.56. The maximum Gasteiger partial charge on any atom is 0.148 e. The van der Waals surface area contributed by atoms with Crippen LogP contribution in [-0.2, 0) is 6.54 Å². The molecule has 0 amide bonds. The number of rotatable bonds is 6. The van der Waals surface area contributed by atoms with Crippen LogP contribution in [0.1, 0.15) is 18.4 Å². The van der Waals surface area contributed by atoms with Gasteiger partial charge < -0.3 is 15.0 Å². The van der Waals surface area contributed by atoms with E-state index in [1.54, 1.807) is 0 Å². The zero-order chi connectivity index (χ0) is 14.2. The molecule has 0 unspecified atom stereocenters. The third-order valence-corrected chi connectivity index (χ3v) is 3.87. The van der Waals surface area contributed by atoms with Crippen molar-refractivity contribution < 1.29 is 4.74 Å². The number of ether oxygens (including phenoxy) is 1. The van der Waals surface area contributed by atoms with Crippen molar-refractivity contribution in [3.8, 4) is 18.1 Å². The maximum absolute atomic E-state index is 5.56. The summed E-state index contributed by atoms with van der Waals surface area (Å²) >= 11 is 0. The van der Waals surface area contributed by atoms with Crippen LogP contribution in [-0.4, -0.2) is 38.2 Å². The number of piperidine rings is 1. The highest BCUT2D eigenvalue weighted by Gasteiger charge is 2.16. The largest absolute Gasteiger partial charge is 0.481 e. The first-order chi connectivity index (χ1) is 9.79. The van der Waals surface area contributed by atoms with Crippen molar-refractivity contribution in [3.63, 3.8) is 0 Å². The van der Waals surface area contributed by atoms with Crippen LogP contribution < -0.4 is 10.1 Å². The average Bonchev–Trinajstić information content (AvgIpc) is 2.48. The lowest BCUT2D eigenvalue weighted by molar-refractivity contribution is 0.216. The zero-order valence-corrected chi connectivity index (χ0v) is 12.3. The summed E-state index contributed by atoms with van der Waals surface area (Å²) in [6.45, 7) is 4.68. The summed E-state index contributed by atoms with van der Waals surface area (Å²) in [4.78, 5) is 2.40. The standard InChI is InChI=1S/C17H24N2O/c1-3-12-20-17-7-5-4-6-16(17)14-18-13-15-8-10-19(2)11-9-15/h1,4-7,15,18H,8-14H2,2H3. The van der Waals surface area contributed by atoms with Gasteiger partial charge in [0.2, 0.25) is 0 Å². The van der Waals surface area contributed by atoms with Crippen LogP contribution in [0.5, 0.6) is 5.75 Å². The van der Waals surface area contributed by atoms with Gasteiger partial charge in [-0.05, 0) is 51.5 Å². The minimum Gasteiger partial charge on any atom is -0.481 e. The molecule has 1 fully saturated rings. The van der Waals surface area contributed by atoms with Gasteiger partial charge in [0, 0.05) is 12.1 Å². The first kappa shape index (κ1) is 14.9. The smallest absolute Gasteiger partial charge is 0.148 e. The quantitative estimate of drug-likeness (QED) is 0.803. The van der Waals surface area contributed by atoms with E-state index in [-0.39, 0.29) is 0 Å². The Hall–Kier alpha value is -1.50. The Bertz CT molecular complexity index is 445. The first-order valence-corrected chi connectivity index (χ1v) is 7.33. The van der Waals surface area contributed by atoms with Crippen molar-refractivity contribution in [2.45, 2.75) is 19.4 Å². The molecule has 1 heterocycles. The van der Waals surface area contributed by atoms with Gasteiger partial charge in [0.1, 0.15) is 12.4 Å². The molecule has 0 bridgehead atoms. The Labute approximate surface area is 122 Å². The van der Waals surface area contributed by atoms with Gasteiger partial charge >= 0.3 is 0 Å². The van der Waals surface area contributed by atoms with Crippen molar-refractivity contribution in [2.75, 3.05) is 33.3 Å². The second-order valence-electron chi connectivity index (χ2n) is 5.48. The van der Waals surface area contributed by atoms with Crippen molar-refractivity contribution in [2.24, 2.45) is 5.92 Å². The van der Waals surface area contributed by atoms with Crippen molar-refractivity contribution >= 4 is 0 Å². The lowest BCUT2D eigenvalue weighted by atomic mass is 9.97. The molecule has 20 heavy (non-hydrogen) atoms.